The van der Waals surface area contributed by atoms with Crippen molar-refractivity contribution in [2.75, 3.05) is 31.1 Å². The fourth-order valence-electron chi connectivity index (χ4n) is 4.15. The van der Waals surface area contributed by atoms with Crippen LogP contribution >= 0.6 is 11.6 Å². The molecular weight excluding hydrogens is 479 g/mol. The molecule has 3 heterocycles. The number of sulfonamides is 1. The highest BCUT2D eigenvalue weighted by molar-refractivity contribution is 7.89. The summed E-state index contributed by atoms with van der Waals surface area (Å²) in [5.41, 5.74) is 2.07. The van der Waals surface area contributed by atoms with Crippen molar-refractivity contribution in [1.29, 1.82) is 0 Å². The molecule has 8 nitrogen and oxygen atoms in total. The normalized spacial score (nSPS) is 15.2. The molecule has 0 atom stereocenters. The zero-order valence-electron chi connectivity index (χ0n) is 18.6. The highest BCUT2D eigenvalue weighted by Crippen LogP contribution is 2.30. The Kier molecular flexibility index (Phi) is 5.75. The van der Waals surface area contributed by atoms with Gasteiger partial charge < -0.3 is 4.90 Å². The van der Waals surface area contributed by atoms with Crippen molar-refractivity contribution in [3.63, 3.8) is 0 Å². The van der Waals surface area contributed by atoms with Gasteiger partial charge in [-0.25, -0.2) is 27.5 Å². The zero-order chi connectivity index (χ0) is 24.0. The van der Waals surface area contributed by atoms with E-state index in [0.29, 0.717) is 48.4 Å². The molecule has 5 rings (SSSR count). The number of benzene rings is 2. The minimum Gasteiger partial charge on any atom is -0.353 e. The van der Waals surface area contributed by atoms with Crippen molar-refractivity contribution < 1.29 is 12.8 Å². The molecule has 0 spiro atoms. The van der Waals surface area contributed by atoms with Gasteiger partial charge in [0.1, 0.15) is 17.5 Å². The smallest absolute Gasteiger partial charge is 0.243 e. The van der Waals surface area contributed by atoms with Crippen LogP contribution in [0.2, 0.25) is 5.02 Å². The van der Waals surface area contributed by atoms with Crippen LogP contribution in [0.1, 0.15) is 11.5 Å². The van der Waals surface area contributed by atoms with Gasteiger partial charge in [0.15, 0.2) is 5.65 Å². The fourth-order valence-corrected chi connectivity index (χ4v) is 5.70. The average Bonchev–Trinajstić information content (AvgIpc) is 3.15. The lowest BCUT2D eigenvalue weighted by atomic mass is 10.2. The third kappa shape index (κ3) is 4.02. The number of halogens is 2. The number of aromatic nitrogens is 4. The first-order valence-electron chi connectivity index (χ1n) is 10.7. The van der Waals surface area contributed by atoms with E-state index >= 15 is 0 Å². The molecule has 0 bridgehead atoms. The van der Waals surface area contributed by atoms with Gasteiger partial charge in [-0.1, -0.05) is 11.6 Å². The van der Waals surface area contributed by atoms with Gasteiger partial charge in [0.2, 0.25) is 10.0 Å². The van der Waals surface area contributed by atoms with Gasteiger partial charge in [-0.3, -0.25) is 0 Å². The molecule has 11 heteroatoms. The van der Waals surface area contributed by atoms with Crippen LogP contribution in [0.4, 0.5) is 10.2 Å². The van der Waals surface area contributed by atoms with Crippen LogP contribution in [0.5, 0.6) is 0 Å². The summed E-state index contributed by atoms with van der Waals surface area (Å²) in [6.45, 7) is 5.27. The molecule has 0 N–H and O–H groups in total. The van der Waals surface area contributed by atoms with Crippen LogP contribution in [0, 0.1) is 19.7 Å². The molecule has 34 heavy (non-hydrogen) atoms. The van der Waals surface area contributed by atoms with Crippen molar-refractivity contribution in [3.8, 4) is 5.69 Å². The molecule has 1 saturated heterocycles. The number of aryl methyl sites for hydroxylation is 2. The Labute approximate surface area is 201 Å². The number of anilines is 1. The lowest BCUT2D eigenvalue weighted by Gasteiger charge is -2.35. The second kappa shape index (κ2) is 8.61. The SMILES string of the molecule is Cc1nc(N2CCN(S(=O)(=O)c3ccc(Cl)cc3)CC2)c2c(C)nn(-c3ccc(F)cc3)c2n1. The van der Waals surface area contributed by atoms with E-state index in [0.717, 1.165) is 16.9 Å². The van der Waals surface area contributed by atoms with Crippen LogP contribution in [0.3, 0.4) is 0 Å². The van der Waals surface area contributed by atoms with E-state index in [4.69, 9.17) is 11.6 Å². The Morgan fingerprint density at radius 3 is 2.21 bits per heavy atom. The highest BCUT2D eigenvalue weighted by Gasteiger charge is 2.30. The molecular formula is C23H22ClFN6O2S. The molecule has 0 amide bonds. The van der Waals surface area contributed by atoms with E-state index in [1.807, 2.05) is 13.8 Å². The molecule has 1 fully saturated rings. The second-order valence-corrected chi connectivity index (χ2v) is 10.5. The number of piperazine rings is 1. The van der Waals surface area contributed by atoms with Gasteiger partial charge in [-0.2, -0.15) is 9.40 Å². The van der Waals surface area contributed by atoms with Crippen molar-refractivity contribution in [3.05, 3.63) is 70.9 Å². The van der Waals surface area contributed by atoms with E-state index in [1.54, 1.807) is 28.9 Å². The van der Waals surface area contributed by atoms with Crippen LogP contribution in [-0.2, 0) is 10.0 Å². The van der Waals surface area contributed by atoms with Crippen molar-refractivity contribution in [2.24, 2.45) is 0 Å². The van der Waals surface area contributed by atoms with Gasteiger partial charge in [-0.15, -0.1) is 0 Å². The fraction of sp³-hybridized carbons (Fsp3) is 0.261. The number of rotatable bonds is 4. The maximum atomic E-state index is 13.4. The lowest BCUT2D eigenvalue weighted by Crippen LogP contribution is -2.49. The molecule has 1 aliphatic heterocycles. The molecule has 2 aromatic carbocycles. The summed E-state index contributed by atoms with van der Waals surface area (Å²) in [6.07, 6.45) is 0. The number of hydrogen-bond acceptors (Lipinski definition) is 6. The summed E-state index contributed by atoms with van der Waals surface area (Å²) < 4.78 is 42.7. The van der Waals surface area contributed by atoms with Gasteiger partial charge >= 0.3 is 0 Å². The molecule has 0 radical (unpaired) electrons. The van der Waals surface area contributed by atoms with Gasteiger partial charge in [-0.05, 0) is 62.4 Å². The quantitative estimate of drug-likeness (QED) is 0.424. The number of nitrogens with zero attached hydrogens (tertiary/aromatic N) is 6. The van der Waals surface area contributed by atoms with Gasteiger partial charge in [0.25, 0.3) is 0 Å². The first kappa shape index (κ1) is 22.7. The van der Waals surface area contributed by atoms with Crippen LogP contribution in [0.25, 0.3) is 16.7 Å². The van der Waals surface area contributed by atoms with Crippen molar-refractivity contribution in [2.45, 2.75) is 18.7 Å². The molecule has 0 aliphatic carbocycles. The summed E-state index contributed by atoms with van der Waals surface area (Å²) in [5, 5.41) is 5.92. The van der Waals surface area contributed by atoms with Gasteiger partial charge in [0.05, 0.1) is 21.7 Å². The van der Waals surface area contributed by atoms with Gasteiger partial charge in [0, 0.05) is 31.2 Å². The summed E-state index contributed by atoms with van der Waals surface area (Å²) in [4.78, 5) is 11.6. The zero-order valence-corrected chi connectivity index (χ0v) is 20.2. The molecule has 176 valence electrons. The van der Waals surface area contributed by atoms with E-state index in [9.17, 15) is 12.8 Å². The Bertz CT molecular complexity index is 1460. The first-order valence-corrected chi connectivity index (χ1v) is 12.6. The Morgan fingerprint density at radius 2 is 1.56 bits per heavy atom. The minimum absolute atomic E-state index is 0.224. The van der Waals surface area contributed by atoms with E-state index < -0.39 is 10.0 Å². The van der Waals surface area contributed by atoms with E-state index in [1.165, 1.54) is 28.6 Å². The largest absolute Gasteiger partial charge is 0.353 e. The summed E-state index contributed by atoms with van der Waals surface area (Å²) in [5.74, 6) is 0.966. The molecule has 1 aliphatic rings. The average molecular weight is 501 g/mol. The van der Waals surface area contributed by atoms with Crippen LogP contribution < -0.4 is 4.90 Å². The van der Waals surface area contributed by atoms with Crippen LogP contribution in [-0.4, -0.2) is 58.7 Å². The third-order valence-electron chi connectivity index (χ3n) is 5.86. The molecule has 0 saturated carbocycles. The predicted molar refractivity (Wildman–Crippen MR) is 129 cm³/mol. The van der Waals surface area contributed by atoms with E-state index in [-0.39, 0.29) is 10.7 Å². The summed E-state index contributed by atoms with van der Waals surface area (Å²) in [7, 11) is -3.61. The Hall–Kier alpha value is -3.08. The maximum Gasteiger partial charge on any atom is 0.243 e. The highest BCUT2D eigenvalue weighted by atomic mass is 35.5. The Morgan fingerprint density at radius 1 is 0.912 bits per heavy atom. The van der Waals surface area contributed by atoms with Crippen molar-refractivity contribution in [1.82, 2.24) is 24.1 Å². The first-order chi connectivity index (χ1) is 16.2. The minimum atomic E-state index is -3.61. The molecule has 4 aromatic rings. The summed E-state index contributed by atoms with van der Waals surface area (Å²) in [6, 6.07) is 12.3. The topological polar surface area (TPSA) is 84.2 Å². The molecule has 2 aromatic heterocycles. The van der Waals surface area contributed by atoms with Crippen LogP contribution in [0.15, 0.2) is 53.4 Å². The Balaban J connectivity index is 1.45. The van der Waals surface area contributed by atoms with E-state index in [2.05, 4.69) is 20.0 Å². The summed E-state index contributed by atoms with van der Waals surface area (Å²) >= 11 is 5.90. The molecule has 0 unspecified atom stereocenters. The maximum absolute atomic E-state index is 13.4. The number of hydrogen-bond donors (Lipinski definition) is 0. The van der Waals surface area contributed by atoms with Crippen molar-refractivity contribution >= 4 is 38.5 Å². The standard InChI is InChI=1S/C23H22ClFN6O2S/c1-15-21-22(26-16(2)27-23(21)31(28-15)19-7-5-18(25)6-8-19)29-11-13-30(14-12-29)34(32,33)20-9-3-17(24)4-10-20/h3-10H,11-14H2,1-2H3. The third-order valence-corrected chi connectivity index (χ3v) is 8.02. The monoisotopic (exact) mass is 500 g/mol. The lowest BCUT2D eigenvalue weighted by molar-refractivity contribution is 0.384. The second-order valence-electron chi connectivity index (χ2n) is 8.11. The predicted octanol–water partition coefficient (Wildman–Crippen LogP) is 3.74. The number of fused-ring (bicyclic) bond motifs is 1.